The number of amides is 1. The van der Waals surface area contributed by atoms with Gasteiger partial charge in [-0.1, -0.05) is 79.7 Å². The van der Waals surface area contributed by atoms with Gasteiger partial charge in [-0.3, -0.25) is 9.59 Å². The quantitative estimate of drug-likeness (QED) is 0.193. The number of hydrogen-bond donors (Lipinski definition) is 2. The van der Waals surface area contributed by atoms with Crippen molar-refractivity contribution in [2.24, 2.45) is 5.92 Å². The van der Waals surface area contributed by atoms with Crippen LogP contribution in [-0.2, 0) is 33.8 Å². The number of aromatic nitrogens is 2. The lowest BCUT2D eigenvalue weighted by molar-refractivity contribution is -0.276. The second-order valence-corrected chi connectivity index (χ2v) is 11.3. The molecule has 5 aromatic rings. The van der Waals surface area contributed by atoms with Crippen molar-refractivity contribution >= 4 is 28.4 Å². The summed E-state index contributed by atoms with van der Waals surface area (Å²) in [6.07, 6.45) is 1.00. The third kappa shape index (κ3) is 6.48. The minimum absolute atomic E-state index is 0.0153. The van der Waals surface area contributed by atoms with Crippen molar-refractivity contribution in [1.29, 1.82) is 0 Å². The highest BCUT2D eigenvalue weighted by Gasteiger charge is 2.38. The van der Waals surface area contributed by atoms with Crippen molar-refractivity contribution < 1.29 is 24.2 Å². The monoisotopic (exact) mass is 589 g/mol. The summed E-state index contributed by atoms with van der Waals surface area (Å²) >= 11 is 0. The molecule has 8 nitrogen and oxygen atoms in total. The number of rotatable bonds is 9. The fraction of sp³-hybridized carbons (Fsp3) is 0.250. The molecule has 2 heterocycles. The molecule has 1 amide bonds. The van der Waals surface area contributed by atoms with Crippen LogP contribution in [0.4, 0.5) is 5.69 Å². The Bertz CT molecular complexity index is 1760. The molecule has 1 aromatic heterocycles. The van der Waals surface area contributed by atoms with Crippen LogP contribution in [0.25, 0.3) is 11.0 Å². The summed E-state index contributed by atoms with van der Waals surface area (Å²) in [5.41, 5.74) is 6.69. The van der Waals surface area contributed by atoms with Crippen LogP contribution < -0.4 is 5.32 Å². The van der Waals surface area contributed by atoms with Crippen molar-refractivity contribution in [1.82, 2.24) is 9.55 Å². The molecule has 44 heavy (non-hydrogen) atoms. The van der Waals surface area contributed by atoms with E-state index in [4.69, 9.17) is 9.47 Å². The average molecular weight is 590 g/mol. The number of nitrogens with one attached hydrogen (secondary N) is 1. The SMILES string of the molecule is CC(=O)c1cccc(NC(=O)Cc2ccc(C3O[C@H](Cn4cnc5ccccc54)[C@H](C)[C@H](c4ccc(CO)cc4)O3)cc2)c1. The number of ether oxygens (including phenoxy) is 2. The maximum atomic E-state index is 12.8. The maximum Gasteiger partial charge on any atom is 0.228 e. The van der Waals surface area contributed by atoms with Gasteiger partial charge in [0.1, 0.15) is 0 Å². The number of Topliss-reactive ketones (excluding diaryl/α,β-unsaturated/α-hetero) is 1. The predicted molar refractivity (Wildman–Crippen MR) is 168 cm³/mol. The van der Waals surface area contributed by atoms with Crippen LogP contribution in [-0.4, -0.2) is 32.5 Å². The van der Waals surface area contributed by atoms with Crippen LogP contribution in [0.5, 0.6) is 0 Å². The number of hydrogen-bond acceptors (Lipinski definition) is 6. The highest BCUT2D eigenvalue weighted by Crippen LogP contribution is 2.42. The molecule has 2 N–H and O–H groups in total. The van der Waals surface area contributed by atoms with E-state index in [1.807, 2.05) is 73.1 Å². The van der Waals surface area contributed by atoms with Crippen LogP contribution in [0.15, 0.2) is 103 Å². The molecule has 1 aliphatic heterocycles. The van der Waals surface area contributed by atoms with Crippen molar-refractivity contribution in [3.05, 3.63) is 131 Å². The van der Waals surface area contributed by atoms with Gasteiger partial charge in [-0.25, -0.2) is 4.98 Å². The third-order valence-corrected chi connectivity index (χ3v) is 8.20. The summed E-state index contributed by atoms with van der Waals surface area (Å²) in [5, 5.41) is 12.4. The Morgan fingerprint density at radius 2 is 1.61 bits per heavy atom. The van der Waals surface area contributed by atoms with E-state index in [1.165, 1.54) is 6.92 Å². The molecule has 4 aromatic carbocycles. The Morgan fingerprint density at radius 1 is 0.886 bits per heavy atom. The molecule has 0 bridgehead atoms. The minimum atomic E-state index is -0.620. The zero-order chi connectivity index (χ0) is 30.6. The first-order valence-corrected chi connectivity index (χ1v) is 14.8. The molecule has 6 rings (SSSR count). The second-order valence-electron chi connectivity index (χ2n) is 11.3. The number of carbonyl (C=O) groups is 2. The normalized spacial score (nSPS) is 20.0. The molecule has 224 valence electrons. The number of nitrogens with zero attached hydrogens (tertiary/aromatic N) is 2. The molecule has 1 aliphatic rings. The fourth-order valence-electron chi connectivity index (χ4n) is 5.68. The van der Waals surface area contributed by atoms with Gasteiger partial charge in [0, 0.05) is 22.7 Å². The van der Waals surface area contributed by atoms with Crippen LogP contribution in [0.3, 0.4) is 0 Å². The lowest BCUT2D eigenvalue weighted by Gasteiger charge is -2.41. The van der Waals surface area contributed by atoms with Crippen LogP contribution in [0.2, 0.25) is 0 Å². The van der Waals surface area contributed by atoms with E-state index >= 15 is 0 Å². The van der Waals surface area contributed by atoms with Crippen molar-refractivity contribution in [2.75, 3.05) is 5.32 Å². The molecule has 0 aliphatic carbocycles. The van der Waals surface area contributed by atoms with Gasteiger partial charge in [0.15, 0.2) is 12.1 Å². The Balaban J connectivity index is 1.20. The van der Waals surface area contributed by atoms with Crippen molar-refractivity contribution in [2.45, 2.75) is 51.9 Å². The van der Waals surface area contributed by atoms with Gasteiger partial charge in [0.2, 0.25) is 5.91 Å². The molecule has 8 heteroatoms. The summed E-state index contributed by atoms with van der Waals surface area (Å²) in [6.45, 7) is 4.23. The van der Waals surface area contributed by atoms with Crippen molar-refractivity contribution in [3.8, 4) is 0 Å². The molecule has 1 fully saturated rings. The number of fused-ring (bicyclic) bond motifs is 1. The summed E-state index contributed by atoms with van der Waals surface area (Å²) in [6, 6.07) is 30.5. The van der Waals surface area contributed by atoms with Crippen LogP contribution in [0.1, 0.15) is 58.9 Å². The third-order valence-electron chi connectivity index (χ3n) is 8.20. The Morgan fingerprint density at radius 3 is 2.36 bits per heavy atom. The van der Waals surface area contributed by atoms with E-state index in [0.717, 1.165) is 33.3 Å². The van der Waals surface area contributed by atoms with E-state index in [2.05, 4.69) is 27.9 Å². The fourth-order valence-corrected chi connectivity index (χ4v) is 5.68. The average Bonchev–Trinajstić information content (AvgIpc) is 3.45. The molecule has 0 spiro atoms. The van der Waals surface area contributed by atoms with E-state index in [-0.39, 0.29) is 42.8 Å². The number of aliphatic hydroxyl groups excluding tert-OH is 1. The highest BCUT2D eigenvalue weighted by atomic mass is 16.7. The molecule has 4 atom stereocenters. The molecular weight excluding hydrogens is 554 g/mol. The van der Waals surface area contributed by atoms with Gasteiger partial charge in [-0.2, -0.15) is 0 Å². The van der Waals surface area contributed by atoms with Gasteiger partial charge in [0.25, 0.3) is 0 Å². The topological polar surface area (TPSA) is 103 Å². The highest BCUT2D eigenvalue weighted by molar-refractivity contribution is 5.97. The zero-order valence-electron chi connectivity index (χ0n) is 24.7. The summed E-state index contributed by atoms with van der Waals surface area (Å²) < 4.78 is 15.3. The molecule has 0 radical (unpaired) electrons. The number of benzene rings is 4. The van der Waals surface area contributed by atoms with Crippen molar-refractivity contribution in [3.63, 3.8) is 0 Å². The number of para-hydroxylation sites is 2. The number of anilines is 1. The second kappa shape index (κ2) is 12.9. The number of aliphatic hydroxyl groups is 1. The van der Waals surface area contributed by atoms with Gasteiger partial charge < -0.3 is 24.5 Å². The predicted octanol–water partition coefficient (Wildman–Crippen LogP) is 6.40. The van der Waals surface area contributed by atoms with Crippen LogP contribution >= 0.6 is 0 Å². The lowest BCUT2D eigenvalue weighted by Crippen LogP contribution is -2.39. The molecule has 0 saturated carbocycles. The van der Waals surface area contributed by atoms with E-state index in [1.54, 1.807) is 24.3 Å². The first kappa shape index (κ1) is 29.4. The smallest absolute Gasteiger partial charge is 0.228 e. The van der Waals surface area contributed by atoms with Gasteiger partial charge in [-0.05, 0) is 47.9 Å². The zero-order valence-corrected chi connectivity index (χ0v) is 24.7. The van der Waals surface area contributed by atoms with E-state index < -0.39 is 6.29 Å². The largest absolute Gasteiger partial charge is 0.392 e. The first-order valence-electron chi connectivity index (χ1n) is 14.8. The van der Waals surface area contributed by atoms with Crippen LogP contribution in [0, 0.1) is 5.92 Å². The maximum absolute atomic E-state index is 12.8. The van der Waals surface area contributed by atoms with Gasteiger partial charge in [-0.15, -0.1) is 0 Å². The summed E-state index contributed by atoms with van der Waals surface area (Å²) in [7, 11) is 0. The molecular formula is C36H35N3O5. The first-order chi connectivity index (χ1) is 21.4. The Labute approximate surface area is 256 Å². The Kier molecular flexibility index (Phi) is 8.65. The number of imidazole rings is 1. The number of carbonyl (C=O) groups excluding carboxylic acids is 2. The molecule has 1 saturated heterocycles. The standard InChI is InChI=1S/C36H35N3O5/c1-23-33(20-39-22-37-31-8-3-4-9-32(31)39)43-36(44-35(23)27-14-12-26(21-40)13-15-27)28-16-10-25(11-17-28)18-34(42)38-30-7-5-6-29(19-30)24(2)41/h3-17,19,22-23,33,35-36,40H,18,20-21H2,1-2H3,(H,38,42)/t23-,33+,35+,36?/m0/s1. The van der Waals surface area contributed by atoms with Gasteiger partial charge >= 0.3 is 0 Å². The van der Waals surface area contributed by atoms with E-state index in [9.17, 15) is 14.7 Å². The number of ketones is 1. The minimum Gasteiger partial charge on any atom is -0.392 e. The van der Waals surface area contributed by atoms with Gasteiger partial charge in [0.05, 0.1) is 49.1 Å². The summed E-state index contributed by atoms with van der Waals surface area (Å²) in [4.78, 5) is 29.0. The summed E-state index contributed by atoms with van der Waals surface area (Å²) in [5.74, 6) is -0.198. The Hall–Kier alpha value is -4.63. The lowest BCUT2D eigenvalue weighted by atomic mass is 9.90. The van der Waals surface area contributed by atoms with E-state index in [0.29, 0.717) is 17.8 Å². The molecule has 1 unspecified atom stereocenters.